The molecule has 7 heteroatoms. The highest BCUT2D eigenvalue weighted by Crippen LogP contribution is 2.17. The van der Waals surface area contributed by atoms with Gasteiger partial charge in [-0.15, -0.1) is 0 Å². The highest BCUT2D eigenvalue weighted by atomic mass is 16.2. The van der Waals surface area contributed by atoms with Crippen molar-refractivity contribution in [2.45, 2.75) is 33.6 Å². The normalized spacial score (nSPS) is 10.6. The number of nitriles is 1. The maximum Gasteiger partial charge on any atom is 0.319 e. The van der Waals surface area contributed by atoms with Crippen molar-refractivity contribution in [3.05, 3.63) is 58.5 Å². The number of fused-ring (bicyclic) bond motifs is 1. The molecule has 2 amide bonds. The number of rotatable bonds is 5. The van der Waals surface area contributed by atoms with E-state index >= 15 is 0 Å². The molecule has 0 aliphatic heterocycles. The Labute approximate surface area is 158 Å². The third-order valence-electron chi connectivity index (χ3n) is 4.23. The molecule has 7 nitrogen and oxygen atoms in total. The van der Waals surface area contributed by atoms with Gasteiger partial charge in [0.15, 0.2) is 5.65 Å². The van der Waals surface area contributed by atoms with Crippen LogP contribution in [0.5, 0.6) is 0 Å². The van der Waals surface area contributed by atoms with Gasteiger partial charge >= 0.3 is 6.03 Å². The topological polar surface area (TPSA) is 95.1 Å². The van der Waals surface area contributed by atoms with Gasteiger partial charge in [0.05, 0.1) is 5.69 Å². The fourth-order valence-electron chi connectivity index (χ4n) is 3.01. The Kier molecular flexibility index (Phi) is 5.36. The van der Waals surface area contributed by atoms with Crippen molar-refractivity contribution in [2.75, 3.05) is 11.9 Å². The van der Waals surface area contributed by atoms with Crippen molar-refractivity contribution in [3.63, 3.8) is 0 Å². The summed E-state index contributed by atoms with van der Waals surface area (Å²) in [4.78, 5) is 16.4. The van der Waals surface area contributed by atoms with Crippen molar-refractivity contribution < 1.29 is 4.79 Å². The molecule has 0 unspecified atom stereocenters. The van der Waals surface area contributed by atoms with E-state index in [0.29, 0.717) is 36.3 Å². The molecule has 2 aromatic heterocycles. The van der Waals surface area contributed by atoms with Gasteiger partial charge in [0.2, 0.25) is 0 Å². The number of hydrogen-bond acceptors (Lipinski definition) is 4. The molecule has 2 heterocycles. The third-order valence-corrected chi connectivity index (χ3v) is 4.23. The first kappa shape index (κ1) is 18.4. The lowest BCUT2D eigenvalue weighted by Crippen LogP contribution is -2.29. The number of anilines is 1. The molecule has 3 rings (SSSR count). The van der Waals surface area contributed by atoms with Gasteiger partial charge < -0.3 is 10.6 Å². The lowest BCUT2D eigenvalue weighted by molar-refractivity contribution is 0.252. The quantitative estimate of drug-likeness (QED) is 0.681. The van der Waals surface area contributed by atoms with E-state index in [4.69, 9.17) is 0 Å². The Morgan fingerprint density at radius 1 is 1.26 bits per heavy atom. The van der Waals surface area contributed by atoms with E-state index in [2.05, 4.69) is 26.8 Å². The summed E-state index contributed by atoms with van der Waals surface area (Å²) in [6.07, 6.45) is 1.27. The molecule has 0 aliphatic carbocycles. The Hall–Kier alpha value is -3.40. The number of aromatic nitrogens is 3. The Balaban J connectivity index is 1.58. The average molecular weight is 362 g/mol. The molecule has 2 N–H and O–H groups in total. The van der Waals surface area contributed by atoms with Crippen LogP contribution in [0.25, 0.3) is 5.65 Å². The van der Waals surface area contributed by atoms with Gasteiger partial charge in [-0.05, 0) is 57.4 Å². The number of amides is 2. The molecule has 27 heavy (non-hydrogen) atoms. The van der Waals surface area contributed by atoms with Crippen molar-refractivity contribution in [1.29, 1.82) is 5.26 Å². The van der Waals surface area contributed by atoms with E-state index < -0.39 is 0 Å². The molecule has 0 fully saturated rings. The van der Waals surface area contributed by atoms with E-state index in [9.17, 15) is 10.1 Å². The first-order valence-corrected chi connectivity index (χ1v) is 8.85. The summed E-state index contributed by atoms with van der Waals surface area (Å²) < 4.78 is 1.71. The van der Waals surface area contributed by atoms with Crippen LogP contribution < -0.4 is 10.6 Å². The van der Waals surface area contributed by atoms with E-state index in [-0.39, 0.29) is 6.03 Å². The van der Waals surface area contributed by atoms with Crippen LogP contribution in [0.1, 0.15) is 34.6 Å². The summed E-state index contributed by atoms with van der Waals surface area (Å²) in [5.74, 6) is 0. The first-order valence-electron chi connectivity index (χ1n) is 8.85. The molecule has 0 radical (unpaired) electrons. The molecule has 3 aromatic rings. The van der Waals surface area contributed by atoms with Crippen LogP contribution in [0.3, 0.4) is 0 Å². The maximum atomic E-state index is 12.0. The number of carbonyl (C=O) groups is 1. The summed E-state index contributed by atoms with van der Waals surface area (Å²) in [6, 6.07) is 11.5. The first-order chi connectivity index (χ1) is 13.0. The number of nitrogens with one attached hydrogen (secondary N) is 2. The highest BCUT2D eigenvalue weighted by molar-refractivity contribution is 5.89. The van der Waals surface area contributed by atoms with Crippen LogP contribution in [0, 0.1) is 32.1 Å². The highest BCUT2D eigenvalue weighted by Gasteiger charge is 2.15. The molecule has 0 spiro atoms. The van der Waals surface area contributed by atoms with E-state index in [1.165, 1.54) is 0 Å². The minimum atomic E-state index is -0.246. The molecule has 0 atom stereocenters. The lowest BCUT2D eigenvalue weighted by Gasteiger charge is -2.07. The molecule has 1 aromatic carbocycles. The molecule has 0 saturated heterocycles. The number of aryl methyl sites for hydroxylation is 4. The van der Waals surface area contributed by atoms with Crippen LogP contribution in [-0.4, -0.2) is 27.2 Å². The lowest BCUT2D eigenvalue weighted by atomic mass is 10.1. The SMILES string of the molecule is Cc1cccc(NC(=O)NCCCc2nn3c(C)cc(C)nc3c2C#N)c1. The number of hydrogen-bond donors (Lipinski definition) is 2. The largest absolute Gasteiger partial charge is 0.338 e. The zero-order valence-corrected chi connectivity index (χ0v) is 15.7. The fraction of sp³-hybridized carbons (Fsp3) is 0.300. The Morgan fingerprint density at radius 3 is 2.81 bits per heavy atom. The zero-order valence-electron chi connectivity index (χ0n) is 15.7. The predicted octanol–water partition coefficient (Wildman–Crippen LogP) is 3.28. The van der Waals surface area contributed by atoms with Crippen molar-refractivity contribution in [3.8, 4) is 6.07 Å². The number of nitrogens with zero attached hydrogens (tertiary/aromatic N) is 4. The number of urea groups is 1. The fourth-order valence-corrected chi connectivity index (χ4v) is 3.01. The summed E-state index contributed by atoms with van der Waals surface area (Å²) in [5, 5.41) is 19.7. The van der Waals surface area contributed by atoms with Crippen LogP contribution >= 0.6 is 0 Å². The van der Waals surface area contributed by atoms with Gasteiger partial charge in [-0.1, -0.05) is 12.1 Å². The Morgan fingerprint density at radius 2 is 2.07 bits per heavy atom. The van der Waals surface area contributed by atoms with E-state index in [0.717, 1.165) is 22.6 Å². The van der Waals surface area contributed by atoms with Crippen LogP contribution in [-0.2, 0) is 6.42 Å². The van der Waals surface area contributed by atoms with Gasteiger partial charge in [0, 0.05) is 23.6 Å². The average Bonchev–Trinajstić information content (AvgIpc) is 2.96. The van der Waals surface area contributed by atoms with Gasteiger partial charge in [-0.3, -0.25) is 0 Å². The third kappa shape index (κ3) is 4.23. The van der Waals surface area contributed by atoms with Crippen LogP contribution in [0.2, 0.25) is 0 Å². The summed E-state index contributed by atoms with van der Waals surface area (Å²) in [7, 11) is 0. The van der Waals surface area contributed by atoms with E-state index in [1.54, 1.807) is 4.52 Å². The van der Waals surface area contributed by atoms with Gasteiger partial charge in [-0.2, -0.15) is 10.4 Å². The number of carbonyl (C=O) groups excluding carboxylic acids is 1. The van der Waals surface area contributed by atoms with Gasteiger partial charge in [0.1, 0.15) is 11.6 Å². The second-order valence-corrected chi connectivity index (χ2v) is 6.56. The minimum Gasteiger partial charge on any atom is -0.338 e. The van der Waals surface area contributed by atoms with Crippen LogP contribution in [0.4, 0.5) is 10.5 Å². The summed E-state index contributed by atoms with van der Waals surface area (Å²) in [5.41, 5.74) is 5.45. The second kappa shape index (κ2) is 7.87. The standard InChI is InChI=1S/C20H22N6O/c1-13-6-4-7-16(10-13)24-20(27)22-9-5-8-18-17(12-21)19-23-14(2)11-15(3)26(19)25-18/h4,6-7,10-11H,5,8-9H2,1-3H3,(H2,22,24,27). The van der Waals surface area contributed by atoms with Crippen molar-refractivity contribution in [1.82, 2.24) is 19.9 Å². The minimum absolute atomic E-state index is 0.246. The summed E-state index contributed by atoms with van der Waals surface area (Å²) in [6.45, 7) is 6.30. The molecule has 0 saturated carbocycles. The van der Waals surface area contributed by atoms with E-state index in [1.807, 2.05) is 51.1 Å². The van der Waals surface area contributed by atoms with Crippen LogP contribution in [0.15, 0.2) is 30.3 Å². The number of benzene rings is 1. The van der Waals surface area contributed by atoms with Crippen molar-refractivity contribution >= 4 is 17.4 Å². The molecular weight excluding hydrogens is 340 g/mol. The Bertz CT molecular complexity index is 1030. The maximum absolute atomic E-state index is 12.0. The molecule has 0 aliphatic rings. The van der Waals surface area contributed by atoms with Gasteiger partial charge in [0.25, 0.3) is 0 Å². The predicted molar refractivity (Wildman–Crippen MR) is 104 cm³/mol. The van der Waals surface area contributed by atoms with Crippen molar-refractivity contribution in [2.24, 2.45) is 0 Å². The molecular formula is C20H22N6O. The second-order valence-electron chi connectivity index (χ2n) is 6.56. The molecule has 0 bridgehead atoms. The van der Waals surface area contributed by atoms with Gasteiger partial charge in [-0.25, -0.2) is 14.3 Å². The zero-order chi connectivity index (χ0) is 19.4. The smallest absolute Gasteiger partial charge is 0.319 e. The summed E-state index contributed by atoms with van der Waals surface area (Å²) >= 11 is 0. The molecule has 138 valence electrons. The monoisotopic (exact) mass is 362 g/mol.